The zero-order valence-corrected chi connectivity index (χ0v) is 16.9. The second kappa shape index (κ2) is 6.23. The monoisotopic (exact) mass is 425 g/mol. The van der Waals surface area contributed by atoms with Crippen molar-refractivity contribution in [1.82, 2.24) is 0 Å². The fourth-order valence-electron chi connectivity index (χ4n) is 4.50. The summed E-state index contributed by atoms with van der Waals surface area (Å²) in [4.78, 5) is 16.8. The van der Waals surface area contributed by atoms with E-state index in [1.165, 1.54) is 11.3 Å². The normalized spacial score (nSPS) is 21.6. The molecule has 0 N–H and O–H groups in total. The number of amides is 1. The van der Waals surface area contributed by atoms with Crippen LogP contribution in [0.1, 0.15) is 21.6 Å². The van der Waals surface area contributed by atoms with Crippen LogP contribution in [-0.2, 0) is 28.1 Å². The molecular formula is C22H16ClNO4S. The van der Waals surface area contributed by atoms with Crippen molar-refractivity contribution in [2.45, 2.75) is 18.6 Å². The van der Waals surface area contributed by atoms with Gasteiger partial charge >= 0.3 is 0 Å². The second-order valence-corrected chi connectivity index (χ2v) is 9.06. The minimum Gasteiger partial charge on any atom is -0.454 e. The lowest BCUT2D eigenvalue weighted by Gasteiger charge is -2.34. The van der Waals surface area contributed by atoms with Gasteiger partial charge in [0.2, 0.25) is 6.79 Å². The molecule has 0 saturated carbocycles. The van der Waals surface area contributed by atoms with E-state index in [1.807, 2.05) is 47.4 Å². The summed E-state index contributed by atoms with van der Waals surface area (Å²) < 4.78 is 18.0. The van der Waals surface area contributed by atoms with E-state index >= 15 is 0 Å². The van der Waals surface area contributed by atoms with Crippen molar-refractivity contribution in [3.05, 3.63) is 74.4 Å². The van der Waals surface area contributed by atoms with E-state index in [-0.39, 0.29) is 12.7 Å². The van der Waals surface area contributed by atoms with Crippen molar-refractivity contribution in [2.75, 3.05) is 18.3 Å². The van der Waals surface area contributed by atoms with Crippen LogP contribution < -0.4 is 14.4 Å². The molecule has 1 aromatic heterocycles. The SMILES string of the molecule is O=C1N(Cc2ccc(Cl)s2)c2cccc3c2C1(c1ccc2c(c1)OCO2)OCC3. The summed E-state index contributed by atoms with van der Waals surface area (Å²) in [5.41, 5.74) is 2.59. The summed E-state index contributed by atoms with van der Waals surface area (Å²) in [7, 11) is 0. The Labute approximate surface area is 176 Å². The highest BCUT2D eigenvalue weighted by atomic mass is 35.5. The molecule has 29 heavy (non-hydrogen) atoms. The number of hydrogen-bond acceptors (Lipinski definition) is 5. The fraction of sp³-hybridized carbons (Fsp3) is 0.227. The molecule has 0 bridgehead atoms. The molecule has 4 heterocycles. The van der Waals surface area contributed by atoms with Gasteiger partial charge in [0.1, 0.15) is 0 Å². The van der Waals surface area contributed by atoms with Gasteiger partial charge in [-0.25, -0.2) is 0 Å². The minimum absolute atomic E-state index is 0.0805. The minimum atomic E-state index is -1.16. The average molecular weight is 426 g/mol. The summed E-state index contributed by atoms with van der Waals surface area (Å²) in [5.74, 6) is 1.24. The molecule has 1 amide bonds. The summed E-state index contributed by atoms with van der Waals surface area (Å²) in [6, 6.07) is 15.5. The number of halogens is 1. The van der Waals surface area contributed by atoms with Gasteiger partial charge in [0, 0.05) is 16.0 Å². The first kappa shape index (κ1) is 17.3. The molecule has 2 aromatic carbocycles. The Bertz CT molecular complexity index is 1160. The number of carbonyl (C=O) groups is 1. The highest BCUT2D eigenvalue weighted by Crippen LogP contribution is 2.52. The van der Waals surface area contributed by atoms with Crippen molar-refractivity contribution in [1.29, 1.82) is 0 Å². The molecule has 146 valence electrons. The maximum atomic E-state index is 13.9. The molecule has 0 radical (unpaired) electrons. The van der Waals surface area contributed by atoms with Crippen molar-refractivity contribution < 1.29 is 19.0 Å². The maximum Gasteiger partial charge on any atom is 0.269 e. The molecule has 1 unspecified atom stereocenters. The van der Waals surface area contributed by atoms with E-state index in [0.29, 0.717) is 29.0 Å². The number of rotatable bonds is 3. The number of hydrogen-bond donors (Lipinski definition) is 0. The molecule has 3 aliphatic rings. The third-order valence-corrected chi connectivity index (χ3v) is 6.95. The van der Waals surface area contributed by atoms with Crippen molar-refractivity contribution in [3.8, 4) is 11.5 Å². The molecule has 3 aliphatic heterocycles. The van der Waals surface area contributed by atoms with Gasteiger partial charge in [-0.3, -0.25) is 4.79 Å². The number of ether oxygens (including phenoxy) is 3. The van der Waals surface area contributed by atoms with Crippen LogP contribution in [0.2, 0.25) is 4.34 Å². The maximum absolute atomic E-state index is 13.9. The Morgan fingerprint density at radius 1 is 1.10 bits per heavy atom. The largest absolute Gasteiger partial charge is 0.454 e. The Kier molecular flexibility index (Phi) is 3.72. The Morgan fingerprint density at radius 2 is 2.00 bits per heavy atom. The number of carbonyl (C=O) groups excluding carboxylic acids is 1. The summed E-state index contributed by atoms with van der Waals surface area (Å²) >= 11 is 7.60. The number of nitrogens with zero attached hydrogens (tertiary/aromatic N) is 1. The second-order valence-electron chi connectivity index (χ2n) is 7.26. The third-order valence-electron chi connectivity index (χ3n) is 5.73. The number of benzene rings is 2. The predicted molar refractivity (Wildman–Crippen MR) is 110 cm³/mol. The first-order valence-corrected chi connectivity index (χ1v) is 10.6. The highest BCUT2D eigenvalue weighted by molar-refractivity contribution is 7.16. The number of thiophene rings is 1. The van der Waals surface area contributed by atoms with E-state index in [0.717, 1.165) is 33.7 Å². The molecule has 6 rings (SSSR count). The van der Waals surface area contributed by atoms with Crippen LogP contribution in [0.4, 0.5) is 5.69 Å². The van der Waals surface area contributed by atoms with Gasteiger partial charge < -0.3 is 19.1 Å². The molecule has 0 spiro atoms. The fourth-order valence-corrected chi connectivity index (χ4v) is 5.57. The van der Waals surface area contributed by atoms with Crippen LogP contribution in [0, 0.1) is 0 Å². The third kappa shape index (κ3) is 2.40. The van der Waals surface area contributed by atoms with Crippen molar-refractivity contribution in [2.24, 2.45) is 0 Å². The van der Waals surface area contributed by atoms with E-state index < -0.39 is 5.60 Å². The van der Waals surface area contributed by atoms with Crippen LogP contribution in [0.15, 0.2) is 48.5 Å². The van der Waals surface area contributed by atoms with Crippen molar-refractivity contribution in [3.63, 3.8) is 0 Å². The molecule has 0 aliphatic carbocycles. The average Bonchev–Trinajstić information content (AvgIpc) is 3.43. The van der Waals surface area contributed by atoms with Crippen molar-refractivity contribution >= 4 is 34.5 Å². The Morgan fingerprint density at radius 3 is 2.86 bits per heavy atom. The first-order chi connectivity index (χ1) is 14.2. The highest BCUT2D eigenvalue weighted by Gasteiger charge is 2.56. The number of fused-ring (bicyclic) bond motifs is 1. The molecule has 7 heteroatoms. The lowest BCUT2D eigenvalue weighted by molar-refractivity contribution is -0.139. The van der Waals surface area contributed by atoms with Gasteiger partial charge in [0.05, 0.1) is 23.2 Å². The standard InChI is InChI=1S/C22H16ClNO4S/c23-19-7-5-15(29-19)11-24-16-3-1-2-13-8-9-28-22(20(13)16,21(24)25)14-4-6-17-18(10-14)27-12-26-17/h1-7,10H,8-9,11-12H2. The first-order valence-electron chi connectivity index (χ1n) is 9.39. The van der Waals surface area contributed by atoms with Gasteiger partial charge in [-0.2, -0.15) is 0 Å². The zero-order valence-electron chi connectivity index (χ0n) is 15.3. The summed E-state index contributed by atoms with van der Waals surface area (Å²) in [5, 5.41) is 0. The van der Waals surface area contributed by atoms with Crippen LogP contribution in [0.25, 0.3) is 0 Å². The van der Waals surface area contributed by atoms with Gasteiger partial charge in [-0.05, 0) is 42.3 Å². The van der Waals surface area contributed by atoms with E-state index in [9.17, 15) is 4.79 Å². The number of anilines is 1. The molecule has 1 atom stereocenters. The smallest absolute Gasteiger partial charge is 0.269 e. The summed E-state index contributed by atoms with van der Waals surface area (Å²) in [6.07, 6.45) is 0.779. The van der Waals surface area contributed by atoms with E-state index in [1.54, 1.807) is 0 Å². The molecule has 0 saturated heterocycles. The molecule has 3 aromatic rings. The quantitative estimate of drug-likeness (QED) is 0.620. The lowest BCUT2D eigenvalue weighted by Crippen LogP contribution is -2.45. The van der Waals surface area contributed by atoms with Gasteiger partial charge in [-0.15, -0.1) is 11.3 Å². The van der Waals surface area contributed by atoms with Crippen LogP contribution in [0.5, 0.6) is 11.5 Å². The van der Waals surface area contributed by atoms with Crippen LogP contribution in [0.3, 0.4) is 0 Å². The molecule has 0 fully saturated rings. The topological polar surface area (TPSA) is 48.0 Å². The van der Waals surface area contributed by atoms with Crippen LogP contribution in [-0.4, -0.2) is 19.3 Å². The van der Waals surface area contributed by atoms with Gasteiger partial charge in [0.25, 0.3) is 5.91 Å². The van der Waals surface area contributed by atoms with Gasteiger partial charge in [0.15, 0.2) is 17.1 Å². The van der Waals surface area contributed by atoms with Gasteiger partial charge in [-0.1, -0.05) is 29.8 Å². The lowest BCUT2D eigenvalue weighted by atomic mass is 9.82. The summed E-state index contributed by atoms with van der Waals surface area (Å²) in [6.45, 7) is 1.13. The van der Waals surface area contributed by atoms with Crippen LogP contribution >= 0.6 is 22.9 Å². The zero-order chi connectivity index (χ0) is 19.6. The molecule has 5 nitrogen and oxygen atoms in total. The Hall–Kier alpha value is -2.54. The predicted octanol–water partition coefficient (Wildman–Crippen LogP) is 4.49. The van der Waals surface area contributed by atoms with E-state index in [4.69, 9.17) is 25.8 Å². The molecular weight excluding hydrogens is 410 g/mol. The Balaban J connectivity index is 1.53. The van der Waals surface area contributed by atoms with E-state index in [2.05, 4.69) is 6.07 Å².